The summed E-state index contributed by atoms with van der Waals surface area (Å²) >= 11 is 0. The van der Waals surface area contributed by atoms with Gasteiger partial charge in [-0.3, -0.25) is 14.5 Å². The van der Waals surface area contributed by atoms with Gasteiger partial charge in [-0.15, -0.1) is 24.8 Å². The molecule has 0 radical (unpaired) electrons. The Morgan fingerprint density at radius 2 is 1.61 bits per heavy atom. The summed E-state index contributed by atoms with van der Waals surface area (Å²) in [5, 5.41) is 3.00. The molecule has 0 bridgehead atoms. The highest BCUT2D eigenvalue weighted by Gasteiger charge is 2.26. The first-order valence-electron chi connectivity index (χ1n) is 10.1. The average Bonchev–Trinajstić information content (AvgIpc) is 2.72. The number of carbonyl (C=O) groups is 2. The second-order valence-electron chi connectivity index (χ2n) is 7.69. The molecule has 3 rings (SSSR count). The number of aryl methyl sites for hydroxylation is 1. The first-order chi connectivity index (χ1) is 13.9. The minimum absolute atomic E-state index is 0. The molecule has 1 saturated heterocycles. The number of hydrogen-bond donors (Lipinski definition) is 2. The molecule has 3 N–H and O–H groups in total. The molecule has 1 unspecified atom stereocenters. The second kappa shape index (κ2) is 12.7. The number of nitrogens with two attached hydrogens (primary N) is 1. The van der Waals surface area contributed by atoms with E-state index < -0.39 is 6.04 Å². The van der Waals surface area contributed by atoms with Gasteiger partial charge < -0.3 is 16.0 Å². The number of piperazine rings is 1. The summed E-state index contributed by atoms with van der Waals surface area (Å²) in [6.07, 6.45) is 0.540. The third-order valence-electron chi connectivity index (χ3n) is 5.55. The number of rotatable bonds is 6. The average molecular weight is 467 g/mol. The Kier molecular flexibility index (Phi) is 11.0. The maximum Gasteiger partial charge on any atom is 0.239 e. The number of hydrogen-bond acceptors (Lipinski definition) is 4. The van der Waals surface area contributed by atoms with E-state index in [1.807, 2.05) is 67.3 Å². The van der Waals surface area contributed by atoms with Crippen LogP contribution in [-0.2, 0) is 16.0 Å². The molecule has 2 aromatic rings. The molecule has 1 fully saturated rings. The lowest BCUT2D eigenvalue weighted by Crippen LogP contribution is -2.54. The molecule has 1 aliphatic rings. The molecule has 31 heavy (non-hydrogen) atoms. The van der Waals surface area contributed by atoms with Gasteiger partial charge in [-0.1, -0.05) is 42.5 Å². The standard InChI is InChI=1S/C23H30N4O2.2ClH/c1-17-7-6-10-21(18(17)2)25-22(28)16-26-11-13-27(14-12-26)23(29)20(24)15-19-8-4-3-5-9-19;;/h3-10,20H,11-16,24H2,1-2H3,(H,25,28);2*1H. The number of nitrogens with zero attached hydrogens (tertiary/aromatic N) is 2. The van der Waals surface area contributed by atoms with Crippen molar-refractivity contribution < 1.29 is 9.59 Å². The smallest absolute Gasteiger partial charge is 0.239 e. The van der Waals surface area contributed by atoms with E-state index in [0.717, 1.165) is 22.4 Å². The summed E-state index contributed by atoms with van der Waals surface area (Å²) in [7, 11) is 0. The van der Waals surface area contributed by atoms with Crippen LogP contribution in [0.25, 0.3) is 0 Å². The van der Waals surface area contributed by atoms with Gasteiger partial charge in [0.1, 0.15) is 0 Å². The number of benzene rings is 2. The second-order valence-corrected chi connectivity index (χ2v) is 7.69. The molecule has 1 aliphatic heterocycles. The zero-order valence-electron chi connectivity index (χ0n) is 18.0. The first-order valence-corrected chi connectivity index (χ1v) is 10.1. The van der Waals surface area contributed by atoms with Crippen molar-refractivity contribution in [2.75, 3.05) is 38.0 Å². The highest BCUT2D eigenvalue weighted by Crippen LogP contribution is 2.18. The van der Waals surface area contributed by atoms with E-state index in [4.69, 9.17) is 5.73 Å². The van der Waals surface area contributed by atoms with Gasteiger partial charge in [0.2, 0.25) is 11.8 Å². The monoisotopic (exact) mass is 466 g/mol. The Bertz CT molecular complexity index is 856. The molecule has 1 heterocycles. The van der Waals surface area contributed by atoms with E-state index in [1.54, 1.807) is 0 Å². The Labute approximate surface area is 197 Å². The number of halogens is 2. The summed E-state index contributed by atoms with van der Waals surface area (Å²) in [5.41, 5.74) is 10.3. The third kappa shape index (κ3) is 7.51. The van der Waals surface area contributed by atoms with Crippen LogP contribution in [0.3, 0.4) is 0 Å². The van der Waals surface area contributed by atoms with Crippen molar-refractivity contribution in [2.45, 2.75) is 26.3 Å². The van der Waals surface area contributed by atoms with E-state index in [9.17, 15) is 9.59 Å². The van der Waals surface area contributed by atoms with Crippen LogP contribution in [0.4, 0.5) is 5.69 Å². The normalized spacial score (nSPS) is 14.7. The van der Waals surface area contributed by atoms with Gasteiger partial charge in [-0.05, 0) is 43.0 Å². The topological polar surface area (TPSA) is 78.7 Å². The van der Waals surface area contributed by atoms with Crippen LogP contribution < -0.4 is 11.1 Å². The molecule has 0 aliphatic carbocycles. The fourth-order valence-electron chi connectivity index (χ4n) is 3.60. The predicted molar refractivity (Wildman–Crippen MR) is 130 cm³/mol. The molecule has 2 aromatic carbocycles. The molecule has 0 spiro atoms. The lowest BCUT2D eigenvalue weighted by atomic mass is 10.1. The molecule has 0 saturated carbocycles. The van der Waals surface area contributed by atoms with E-state index >= 15 is 0 Å². The maximum absolute atomic E-state index is 12.6. The summed E-state index contributed by atoms with van der Waals surface area (Å²) in [4.78, 5) is 29.0. The van der Waals surface area contributed by atoms with Gasteiger partial charge in [0, 0.05) is 31.9 Å². The fraction of sp³-hybridized carbons (Fsp3) is 0.391. The lowest BCUT2D eigenvalue weighted by Gasteiger charge is -2.35. The summed E-state index contributed by atoms with van der Waals surface area (Å²) < 4.78 is 0. The molecular formula is C23H32Cl2N4O2. The molecule has 1 atom stereocenters. The SMILES string of the molecule is Cc1cccc(NC(=O)CN2CCN(C(=O)C(N)Cc3ccccc3)CC2)c1C.Cl.Cl. The molecule has 8 heteroatoms. The quantitative estimate of drug-likeness (QED) is 0.685. The minimum atomic E-state index is -0.531. The zero-order valence-corrected chi connectivity index (χ0v) is 19.7. The van der Waals surface area contributed by atoms with Crippen molar-refractivity contribution in [2.24, 2.45) is 5.73 Å². The fourth-order valence-corrected chi connectivity index (χ4v) is 3.60. The van der Waals surface area contributed by atoms with Crippen LogP contribution in [0, 0.1) is 13.8 Å². The highest BCUT2D eigenvalue weighted by molar-refractivity contribution is 5.93. The Morgan fingerprint density at radius 1 is 0.968 bits per heavy atom. The van der Waals surface area contributed by atoms with E-state index in [0.29, 0.717) is 39.1 Å². The maximum atomic E-state index is 12.6. The zero-order chi connectivity index (χ0) is 20.8. The molecule has 2 amide bonds. The van der Waals surface area contributed by atoms with E-state index in [-0.39, 0.29) is 36.6 Å². The number of amides is 2. The van der Waals surface area contributed by atoms with Crippen LogP contribution in [0.5, 0.6) is 0 Å². The van der Waals surface area contributed by atoms with Crippen LogP contribution >= 0.6 is 24.8 Å². The Morgan fingerprint density at radius 3 is 2.26 bits per heavy atom. The Hall–Kier alpha value is -2.12. The third-order valence-corrected chi connectivity index (χ3v) is 5.55. The number of nitrogens with one attached hydrogen (secondary N) is 1. The molecular weight excluding hydrogens is 435 g/mol. The van der Waals surface area contributed by atoms with Crippen LogP contribution in [0.2, 0.25) is 0 Å². The van der Waals surface area contributed by atoms with Crippen molar-refractivity contribution in [3.8, 4) is 0 Å². The predicted octanol–water partition coefficient (Wildman–Crippen LogP) is 2.80. The van der Waals surface area contributed by atoms with Gasteiger partial charge in [0.15, 0.2) is 0 Å². The van der Waals surface area contributed by atoms with Crippen molar-refractivity contribution >= 4 is 42.3 Å². The van der Waals surface area contributed by atoms with Crippen molar-refractivity contribution in [3.63, 3.8) is 0 Å². The van der Waals surface area contributed by atoms with E-state index in [2.05, 4.69) is 10.2 Å². The minimum Gasteiger partial charge on any atom is -0.339 e. The van der Waals surface area contributed by atoms with Gasteiger partial charge in [-0.2, -0.15) is 0 Å². The van der Waals surface area contributed by atoms with Crippen LogP contribution in [-0.4, -0.2) is 60.4 Å². The number of anilines is 1. The number of carbonyl (C=O) groups excluding carboxylic acids is 2. The largest absolute Gasteiger partial charge is 0.339 e. The summed E-state index contributed by atoms with van der Waals surface area (Å²) in [6, 6.07) is 15.2. The van der Waals surface area contributed by atoms with Crippen LogP contribution in [0.15, 0.2) is 48.5 Å². The molecule has 0 aromatic heterocycles. The van der Waals surface area contributed by atoms with Crippen molar-refractivity contribution in [3.05, 3.63) is 65.2 Å². The van der Waals surface area contributed by atoms with Crippen molar-refractivity contribution in [1.82, 2.24) is 9.80 Å². The highest BCUT2D eigenvalue weighted by atomic mass is 35.5. The van der Waals surface area contributed by atoms with Crippen LogP contribution in [0.1, 0.15) is 16.7 Å². The van der Waals surface area contributed by atoms with E-state index in [1.165, 1.54) is 0 Å². The molecule has 6 nitrogen and oxygen atoms in total. The summed E-state index contributed by atoms with van der Waals surface area (Å²) in [5.74, 6) is -0.0485. The Balaban J connectivity index is 0.00000240. The first kappa shape index (κ1) is 26.9. The van der Waals surface area contributed by atoms with Gasteiger partial charge in [-0.25, -0.2) is 0 Å². The van der Waals surface area contributed by atoms with Gasteiger partial charge in [0.05, 0.1) is 12.6 Å². The van der Waals surface area contributed by atoms with Gasteiger partial charge in [0.25, 0.3) is 0 Å². The lowest BCUT2D eigenvalue weighted by molar-refractivity contribution is -0.134. The van der Waals surface area contributed by atoms with Gasteiger partial charge >= 0.3 is 0 Å². The van der Waals surface area contributed by atoms with Crippen molar-refractivity contribution in [1.29, 1.82) is 0 Å². The summed E-state index contributed by atoms with van der Waals surface area (Å²) in [6.45, 7) is 6.90. The molecule has 170 valence electrons.